The van der Waals surface area contributed by atoms with Crippen molar-refractivity contribution in [3.05, 3.63) is 36.5 Å². The summed E-state index contributed by atoms with van der Waals surface area (Å²) in [6, 6.07) is 0. The minimum atomic E-state index is 0.713. The lowest BCUT2D eigenvalue weighted by atomic mass is 9.94. The molecule has 0 heteroatoms. The predicted octanol–water partition coefficient (Wildman–Crippen LogP) is 4.26. The summed E-state index contributed by atoms with van der Waals surface area (Å²) < 4.78 is 0. The van der Waals surface area contributed by atoms with Gasteiger partial charge in [-0.15, -0.1) is 6.58 Å². The fourth-order valence-corrected chi connectivity index (χ4v) is 1.84. The molecule has 72 valence electrons. The lowest BCUT2D eigenvalue weighted by molar-refractivity contribution is 0.591. The maximum Gasteiger partial charge on any atom is -0.00139 e. The van der Waals surface area contributed by atoms with E-state index >= 15 is 0 Å². The fourth-order valence-electron chi connectivity index (χ4n) is 1.84. The maximum atomic E-state index is 3.79. The Kier molecular flexibility index (Phi) is 4.59. The Hall–Kier alpha value is -0.780. The van der Waals surface area contributed by atoms with Gasteiger partial charge in [0.25, 0.3) is 0 Å². The van der Waals surface area contributed by atoms with E-state index in [0.29, 0.717) is 5.92 Å². The van der Waals surface area contributed by atoms with Crippen LogP contribution in [-0.2, 0) is 0 Å². The van der Waals surface area contributed by atoms with E-state index in [-0.39, 0.29) is 0 Å². The van der Waals surface area contributed by atoms with Gasteiger partial charge in [-0.2, -0.15) is 0 Å². The lowest BCUT2D eigenvalue weighted by Gasteiger charge is -2.11. The Balaban J connectivity index is 2.28. The van der Waals surface area contributed by atoms with Crippen LogP contribution in [0.2, 0.25) is 0 Å². The van der Waals surface area contributed by atoms with Crippen LogP contribution in [0.4, 0.5) is 0 Å². The van der Waals surface area contributed by atoms with Gasteiger partial charge >= 0.3 is 0 Å². The quantitative estimate of drug-likeness (QED) is 0.419. The van der Waals surface area contributed by atoms with E-state index in [9.17, 15) is 0 Å². The zero-order valence-electron chi connectivity index (χ0n) is 8.63. The second kappa shape index (κ2) is 5.80. The van der Waals surface area contributed by atoms with Crippen LogP contribution >= 0.6 is 0 Å². The molecule has 0 aromatic rings. The van der Waals surface area contributed by atoms with Crippen molar-refractivity contribution in [1.82, 2.24) is 0 Å². The number of allylic oxidation sites excluding steroid dienone is 5. The van der Waals surface area contributed by atoms with Crippen LogP contribution in [0, 0.1) is 5.92 Å². The van der Waals surface area contributed by atoms with Gasteiger partial charge in [-0.1, -0.05) is 56.1 Å². The third-order valence-corrected chi connectivity index (χ3v) is 2.63. The first kappa shape index (κ1) is 10.3. The zero-order valence-corrected chi connectivity index (χ0v) is 8.63. The molecule has 0 heterocycles. The van der Waals surface area contributed by atoms with Gasteiger partial charge in [0.05, 0.1) is 0 Å². The fraction of sp³-hybridized carbons (Fsp3) is 0.538. The van der Waals surface area contributed by atoms with E-state index in [1.54, 1.807) is 5.57 Å². The van der Waals surface area contributed by atoms with Gasteiger partial charge in [-0.3, -0.25) is 0 Å². The predicted molar refractivity (Wildman–Crippen MR) is 59.7 cm³/mol. The molecule has 0 N–H and O–H groups in total. The van der Waals surface area contributed by atoms with Crippen molar-refractivity contribution < 1.29 is 0 Å². The molecular formula is C13H20. The normalized spacial score (nSPS) is 20.4. The van der Waals surface area contributed by atoms with E-state index < -0.39 is 0 Å². The van der Waals surface area contributed by atoms with Crippen molar-refractivity contribution in [3.8, 4) is 0 Å². The summed E-state index contributed by atoms with van der Waals surface area (Å²) in [6.07, 6.45) is 15.2. The Labute approximate surface area is 82.0 Å². The van der Waals surface area contributed by atoms with Crippen molar-refractivity contribution in [2.24, 2.45) is 5.92 Å². The number of unbranched alkanes of at least 4 members (excludes halogenated alkanes) is 2. The van der Waals surface area contributed by atoms with Gasteiger partial charge in [0, 0.05) is 0 Å². The van der Waals surface area contributed by atoms with E-state index in [2.05, 4.69) is 31.7 Å². The van der Waals surface area contributed by atoms with Gasteiger partial charge in [-0.05, 0) is 18.8 Å². The molecule has 0 nitrogen and oxygen atoms in total. The van der Waals surface area contributed by atoms with Gasteiger partial charge in [0.15, 0.2) is 0 Å². The second-order valence-corrected chi connectivity index (χ2v) is 3.72. The largest absolute Gasteiger partial charge is 0.103 e. The summed E-state index contributed by atoms with van der Waals surface area (Å²) in [6.45, 7) is 6.04. The third kappa shape index (κ3) is 3.22. The first-order valence-electron chi connectivity index (χ1n) is 5.36. The topological polar surface area (TPSA) is 0 Å². The molecule has 1 aliphatic carbocycles. The van der Waals surface area contributed by atoms with Crippen molar-refractivity contribution in [2.45, 2.75) is 39.0 Å². The minimum Gasteiger partial charge on any atom is -0.103 e. The van der Waals surface area contributed by atoms with Crippen molar-refractivity contribution >= 4 is 0 Å². The Morgan fingerprint density at radius 3 is 3.00 bits per heavy atom. The highest BCUT2D eigenvalue weighted by molar-refractivity contribution is 5.28. The summed E-state index contributed by atoms with van der Waals surface area (Å²) in [5.74, 6) is 0.713. The lowest BCUT2D eigenvalue weighted by Crippen LogP contribution is -1.97. The van der Waals surface area contributed by atoms with Gasteiger partial charge in [0.2, 0.25) is 0 Å². The van der Waals surface area contributed by atoms with Crippen LogP contribution in [0.5, 0.6) is 0 Å². The van der Waals surface area contributed by atoms with Gasteiger partial charge < -0.3 is 0 Å². The average molecular weight is 176 g/mol. The van der Waals surface area contributed by atoms with Crippen LogP contribution in [0.3, 0.4) is 0 Å². The summed E-state index contributed by atoms with van der Waals surface area (Å²) in [7, 11) is 0. The molecule has 0 fully saturated rings. The second-order valence-electron chi connectivity index (χ2n) is 3.72. The van der Waals surface area contributed by atoms with Gasteiger partial charge in [0.1, 0.15) is 0 Å². The van der Waals surface area contributed by atoms with Crippen LogP contribution < -0.4 is 0 Å². The summed E-state index contributed by atoms with van der Waals surface area (Å²) in [4.78, 5) is 0. The Bertz CT molecular complexity index is 208. The van der Waals surface area contributed by atoms with Crippen LogP contribution in [-0.4, -0.2) is 0 Å². The van der Waals surface area contributed by atoms with Crippen LogP contribution in [0.25, 0.3) is 0 Å². The van der Waals surface area contributed by atoms with E-state index in [1.165, 1.54) is 25.7 Å². The average Bonchev–Trinajstić information content (AvgIpc) is 2.54. The van der Waals surface area contributed by atoms with Crippen LogP contribution in [0.1, 0.15) is 39.0 Å². The van der Waals surface area contributed by atoms with Crippen molar-refractivity contribution in [1.29, 1.82) is 0 Å². The Morgan fingerprint density at radius 1 is 1.46 bits per heavy atom. The molecule has 1 rings (SSSR count). The monoisotopic (exact) mass is 176 g/mol. The summed E-state index contributed by atoms with van der Waals surface area (Å²) in [5, 5.41) is 0. The third-order valence-electron chi connectivity index (χ3n) is 2.63. The highest BCUT2D eigenvalue weighted by atomic mass is 14.2. The number of rotatable bonds is 6. The van der Waals surface area contributed by atoms with Gasteiger partial charge in [-0.25, -0.2) is 0 Å². The molecule has 0 aromatic heterocycles. The van der Waals surface area contributed by atoms with Crippen molar-refractivity contribution in [2.75, 3.05) is 0 Å². The molecule has 0 saturated heterocycles. The molecule has 0 saturated carbocycles. The molecule has 0 aliphatic heterocycles. The van der Waals surface area contributed by atoms with E-state index in [0.717, 1.165) is 6.42 Å². The number of hydrogen-bond donors (Lipinski definition) is 0. The van der Waals surface area contributed by atoms with E-state index in [1.807, 2.05) is 6.08 Å². The highest BCUT2D eigenvalue weighted by Crippen LogP contribution is 2.27. The molecule has 0 spiro atoms. The smallest absolute Gasteiger partial charge is 0.00139 e. The SMILES string of the molecule is C=CCC1=CC=CC1CCCCC. The summed E-state index contributed by atoms with van der Waals surface area (Å²) >= 11 is 0. The molecule has 13 heavy (non-hydrogen) atoms. The molecule has 0 aromatic carbocycles. The summed E-state index contributed by atoms with van der Waals surface area (Å²) in [5.41, 5.74) is 1.55. The molecule has 0 radical (unpaired) electrons. The molecule has 0 amide bonds. The maximum absolute atomic E-state index is 3.79. The van der Waals surface area contributed by atoms with Crippen molar-refractivity contribution in [3.63, 3.8) is 0 Å². The van der Waals surface area contributed by atoms with Crippen LogP contribution in [0.15, 0.2) is 36.5 Å². The number of hydrogen-bond acceptors (Lipinski definition) is 0. The highest BCUT2D eigenvalue weighted by Gasteiger charge is 2.12. The first-order chi connectivity index (χ1) is 6.38. The minimum absolute atomic E-state index is 0.713. The first-order valence-corrected chi connectivity index (χ1v) is 5.36. The Morgan fingerprint density at radius 2 is 2.31 bits per heavy atom. The molecule has 1 atom stereocenters. The molecular weight excluding hydrogens is 156 g/mol. The zero-order chi connectivity index (χ0) is 9.52. The molecule has 0 bridgehead atoms. The van der Waals surface area contributed by atoms with E-state index in [4.69, 9.17) is 0 Å². The molecule has 1 aliphatic rings. The molecule has 1 unspecified atom stereocenters. The standard InChI is InChI=1S/C13H20/c1-3-5-6-9-13-11-7-10-12(13)8-4-2/h4,7,10-11,13H,2-3,5-6,8-9H2,1H3.